The Balaban J connectivity index is 1.37. The number of amides is 1. The van der Waals surface area contributed by atoms with E-state index in [1.807, 2.05) is 53.9 Å². The molecule has 0 fully saturated rings. The molecule has 138 valence electrons. The third kappa shape index (κ3) is 3.95. The summed E-state index contributed by atoms with van der Waals surface area (Å²) in [4.78, 5) is 17.2. The smallest absolute Gasteiger partial charge is 0.227 e. The molecule has 2 heterocycles. The van der Waals surface area contributed by atoms with Crippen LogP contribution in [0.15, 0.2) is 53.9 Å². The van der Waals surface area contributed by atoms with Crippen molar-refractivity contribution in [3.05, 3.63) is 65.2 Å². The van der Waals surface area contributed by atoms with Crippen LogP contribution in [0.2, 0.25) is 0 Å². The number of rotatable bonds is 5. The number of fused-ring (bicyclic) bond motifs is 1. The molecule has 4 rings (SSSR count). The molecule has 0 bridgehead atoms. The molecule has 0 unspecified atom stereocenters. The molecule has 0 aliphatic carbocycles. The molecule has 6 heteroatoms. The van der Waals surface area contributed by atoms with E-state index in [1.165, 1.54) is 0 Å². The molecule has 3 aromatic rings. The Labute approximate surface area is 162 Å². The molecule has 1 amide bonds. The van der Waals surface area contributed by atoms with Gasteiger partial charge in [-0.05, 0) is 30.2 Å². The van der Waals surface area contributed by atoms with E-state index < -0.39 is 0 Å². The van der Waals surface area contributed by atoms with Gasteiger partial charge in [0.15, 0.2) is 0 Å². The van der Waals surface area contributed by atoms with Gasteiger partial charge < -0.3 is 14.8 Å². The summed E-state index contributed by atoms with van der Waals surface area (Å²) < 4.78 is 11.0. The Morgan fingerprint density at radius 2 is 2.15 bits per heavy atom. The van der Waals surface area contributed by atoms with E-state index in [2.05, 4.69) is 10.3 Å². The van der Waals surface area contributed by atoms with Crippen LogP contribution in [0.5, 0.6) is 11.5 Å². The minimum absolute atomic E-state index is 0.0160. The predicted molar refractivity (Wildman–Crippen MR) is 105 cm³/mol. The highest BCUT2D eigenvalue weighted by Gasteiger charge is 2.26. The number of aromatic nitrogens is 1. The molecular formula is C21H20N2O3S. The van der Waals surface area contributed by atoms with Crippen molar-refractivity contribution < 1.29 is 14.3 Å². The summed E-state index contributed by atoms with van der Waals surface area (Å²) in [6, 6.07) is 15.7. The van der Waals surface area contributed by atoms with E-state index in [0.717, 1.165) is 33.3 Å². The zero-order valence-corrected chi connectivity index (χ0v) is 15.8. The maximum absolute atomic E-state index is 12.6. The molecule has 27 heavy (non-hydrogen) atoms. The Morgan fingerprint density at radius 1 is 1.30 bits per heavy atom. The van der Waals surface area contributed by atoms with E-state index >= 15 is 0 Å². The van der Waals surface area contributed by atoms with Crippen LogP contribution in [0.25, 0.3) is 10.6 Å². The van der Waals surface area contributed by atoms with Crippen LogP contribution in [0.4, 0.5) is 0 Å². The lowest BCUT2D eigenvalue weighted by Gasteiger charge is -2.24. The third-order valence-corrected chi connectivity index (χ3v) is 5.50. The normalized spacial score (nSPS) is 15.5. The second kappa shape index (κ2) is 7.80. The summed E-state index contributed by atoms with van der Waals surface area (Å²) in [5.41, 5.74) is 2.96. The first kappa shape index (κ1) is 17.5. The van der Waals surface area contributed by atoms with Gasteiger partial charge in [0.25, 0.3) is 0 Å². The van der Waals surface area contributed by atoms with Crippen molar-refractivity contribution in [1.82, 2.24) is 10.3 Å². The lowest BCUT2D eigenvalue weighted by atomic mass is 9.96. The Hall–Kier alpha value is -2.86. The number of methoxy groups -OCH3 is 1. The lowest BCUT2D eigenvalue weighted by molar-refractivity contribution is -0.126. The van der Waals surface area contributed by atoms with Gasteiger partial charge in [-0.1, -0.05) is 30.3 Å². The first-order chi connectivity index (χ1) is 13.2. The highest BCUT2D eigenvalue weighted by molar-refractivity contribution is 7.13. The van der Waals surface area contributed by atoms with Crippen LogP contribution in [0.3, 0.4) is 0 Å². The maximum atomic E-state index is 12.6. The van der Waals surface area contributed by atoms with Gasteiger partial charge in [0.05, 0.1) is 25.3 Å². The zero-order valence-electron chi connectivity index (χ0n) is 15.0. The first-order valence-corrected chi connectivity index (χ1v) is 9.68. The lowest BCUT2D eigenvalue weighted by Crippen LogP contribution is -2.37. The van der Waals surface area contributed by atoms with E-state index in [0.29, 0.717) is 19.6 Å². The molecule has 1 aliphatic heterocycles. The minimum Gasteiger partial charge on any atom is -0.497 e. The summed E-state index contributed by atoms with van der Waals surface area (Å²) >= 11 is 1.58. The Morgan fingerprint density at radius 3 is 2.96 bits per heavy atom. The Bertz CT molecular complexity index is 940. The van der Waals surface area contributed by atoms with E-state index in [-0.39, 0.29) is 11.8 Å². The van der Waals surface area contributed by atoms with Crippen molar-refractivity contribution in [1.29, 1.82) is 0 Å². The fourth-order valence-corrected chi connectivity index (χ4v) is 3.92. The summed E-state index contributed by atoms with van der Waals surface area (Å²) in [6.07, 6.45) is 0.644. The fourth-order valence-electron chi connectivity index (χ4n) is 3.09. The number of nitrogens with zero attached hydrogens (tertiary/aromatic N) is 1. The molecule has 1 aliphatic rings. The van der Waals surface area contributed by atoms with Crippen molar-refractivity contribution >= 4 is 17.2 Å². The monoisotopic (exact) mass is 380 g/mol. The average molecular weight is 380 g/mol. The molecule has 5 nitrogen and oxygen atoms in total. The van der Waals surface area contributed by atoms with Gasteiger partial charge in [-0.2, -0.15) is 0 Å². The van der Waals surface area contributed by atoms with Crippen molar-refractivity contribution in [3.8, 4) is 22.1 Å². The van der Waals surface area contributed by atoms with Crippen molar-refractivity contribution in [2.45, 2.75) is 13.0 Å². The van der Waals surface area contributed by atoms with E-state index in [1.54, 1.807) is 18.4 Å². The largest absolute Gasteiger partial charge is 0.497 e. The molecule has 2 aromatic carbocycles. The van der Waals surface area contributed by atoms with Gasteiger partial charge in [0.2, 0.25) is 5.91 Å². The van der Waals surface area contributed by atoms with Crippen LogP contribution in [-0.4, -0.2) is 24.6 Å². The molecule has 1 N–H and O–H groups in total. The summed E-state index contributed by atoms with van der Waals surface area (Å²) in [5, 5.41) is 5.93. The van der Waals surface area contributed by atoms with Crippen LogP contribution in [0, 0.1) is 5.92 Å². The average Bonchev–Trinajstić information content (AvgIpc) is 3.21. The number of hydrogen-bond acceptors (Lipinski definition) is 5. The minimum atomic E-state index is -0.211. The van der Waals surface area contributed by atoms with Crippen LogP contribution >= 0.6 is 11.3 Å². The van der Waals surface area contributed by atoms with Gasteiger partial charge >= 0.3 is 0 Å². The zero-order chi connectivity index (χ0) is 18.6. The standard InChI is InChI=1S/C21H20N2O3S/c1-25-18-7-8-19-15(10-18)9-16(12-26-19)20(24)22-11-17-13-27-21(23-17)14-5-3-2-4-6-14/h2-8,10,13,16H,9,11-12H2,1H3,(H,22,24)/t16-/m1/s1. The molecule has 1 aromatic heterocycles. The van der Waals surface area contributed by atoms with Crippen LogP contribution in [0.1, 0.15) is 11.3 Å². The van der Waals surface area contributed by atoms with Crippen molar-refractivity contribution in [2.75, 3.05) is 13.7 Å². The number of thiazole rings is 1. The molecular weight excluding hydrogens is 360 g/mol. The highest BCUT2D eigenvalue weighted by atomic mass is 32.1. The second-order valence-corrected chi connectivity index (χ2v) is 7.27. The van der Waals surface area contributed by atoms with Gasteiger partial charge in [0, 0.05) is 10.9 Å². The number of hydrogen-bond donors (Lipinski definition) is 1. The number of carbonyl (C=O) groups is 1. The molecule has 0 saturated carbocycles. The van der Waals surface area contributed by atoms with Crippen molar-refractivity contribution in [2.24, 2.45) is 5.92 Å². The third-order valence-electron chi connectivity index (χ3n) is 4.56. The molecule has 1 atom stereocenters. The summed E-state index contributed by atoms with van der Waals surface area (Å²) in [7, 11) is 1.63. The maximum Gasteiger partial charge on any atom is 0.227 e. The number of nitrogens with one attached hydrogen (secondary N) is 1. The van der Waals surface area contributed by atoms with E-state index in [9.17, 15) is 4.79 Å². The number of carbonyl (C=O) groups excluding carboxylic acids is 1. The number of benzene rings is 2. The molecule has 0 spiro atoms. The molecule has 0 radical (unpaired) electrons. The SMILES string of the molecule is COc1ccc2c(c1)C[C@@H](C(=O)NCc1csc(-c3ccccc3)n1)CO2. The van der Waals surface area contributed by atoms with Gasteiger partial charge in [-0.15, -0.1) is 11.3 Å². The van der Waals surface area contributed by atoms with Gasteiger partial charge in [0.1, 0.15) is 23.1 Å². The second-order valence-electron chi connectivity index (χ2n) is 6.41. The number of ether oxygens (including phenoxy) is 2. The van der Waals surface area contributed by atoms with Crippen LogP contribution in [-0.2, 0) is 17.8 Å². The first-order valence-electron chi connectivity index (χ1n) is 8.80. The van der Waals surface area contributed by atoms with E-state index in [4.69, 9.17) is 9.47 Å². The molecule has 0 saturated heterocycles. The fraction of sp³-hybridized carbons (Fsp3) is 0.238. The van der Waals surface area contributed by atoms with Gasteiger partial charge in [-0.3, -0.25) is 4.79 Å². The Kier molecular flexibility index (Phi) is 5.07. The highest BCUT2D eigenvalue weighted by Crippen LogP contribution is 2.31. The summed E-state index contributed by atoms with van der Waals surface area (Å²) in [6.45, 7) is 0.807. The van der Waals surface area contributed by atoms with Crippen LogP contribution < -0.4 is 14.8 Å². The van der Waals surface area contributed by atoms with Crippen molar-refractivity contribution in [3.63, 3.8) is 0 Å². The summed E-state index contributed by atoms with van der Waals surface area (Å²) in [5.74, 6) is 1.37. The van der Waals surface area contributed by atoms with Gasteiger partial charge in [-0.25, -0.2) is 4.98 Å². The topological polar surface area (TPSA) is 60.5 Å². The quantitative estimate of drug-likeness (QED) is 0.733. The predicted octanol–water partition coefficient (Wildman–Crippen LogP) is 3.69.